The quantitative estimate of drug-likeness (QED) is 0.778. The largest absolute Gasteiger partial charge is 0.316 e. The third-order valence-corrected chi connectivity index (χ3v) is 2.90. The van der Waals surface area contributed by atoms with Crippen molar-refractivity contribution in [1.82, 2.24) is 10.6 Å². The molecule has 0 saturated carbocycles. The summed E-state index contributed by atoms with van der Waals surface area (Å²) in [5.41, 5.74) is 0.933. The lowest BCUT2D eigenvalue weighted by molar-refractivity contribution is -0.130. The molecule has 4 nitrogen and oxygen atoms in total. The lowest BCUT2D eigenvalue weighted by Gasteiger charge is -2.06. The molecule has 94 valence electrons. The van der Waals surface area contributed by atoms with Crippen molar-refractivity contribution in [3.63, 3.8) is 0 Å². The molecule has 1 heterocycles. The summed E-state index contributed by atoms with van der Waals surface area (Å²) in [6, 6.07) is 9.49. The van der Waals surface area contributed by atoms with Gasteiger partial charge in [-0.3, -0.25) is 14.9 Å². The van der Waals surface area contributed by atoms with Crippen LogP contribution in [0, 0.1) is 5.92 Å². The summed E-state index contributed by atoms with van der Waals surface area (Å²) in [4.78, 5) is 23.2. The Morgan fingerprint density at radius 1 is 1.28 bits per heavy atom. The Morgan fingerprint density at radius 2 is 2.06 bits per heavy atom. The van der Waals surface area contributed by atoms with E-state index >= 15 is 0 Å². The summed E-state index contributed by atoms with van der Waals surface area (Å²) in [7, 11) is 0. The van der Waals surface area contributed by atoms with E-state index in [1.54, 1.807) is 6.08 Å². The molecule has 2 amide bonds. The van der Waals surface area contributed by atoms with Crippen molar-refractivity contribution in [2.45, 2.75) is 6.42 Å². The Morgan fingerprint density at radius 3 is 2.72 bits per heavy atom. The monoisotopic (exact) mass is 244 g/mol. The first kappa shape index (κ1) is 12.5. The summed E-state index contributed by atoms with van der Waals surface area (Å²) in [5, 5.41) is 5.48. The lowest BCUT2D eigenvalue weighted by Crippen LogP contribution is -2.35. The molecule has 0 aromatic heterocycles. The van der Waals surface area contributed by atoms with Crippen LogP contribution in [0.25, 0.3) is 6.08 Å². The minimum absolute atomic E-state index is 0.0842. The first-order valence-corrected chi connectivity index (χ1v) is 6.04. The van der Waals surface area contributed by atoms with Crippen molar-refractivity contribution in [3.05, 3.63) is 42.0 Å². The van der Waals surface area contributed by atoms with Crippen LogP contribution in [0.4, 0.5) is 0 Å². The number of imide groups is 1. The van der Waals surface area contributed by atoms with Gasteiger partial charge in [-0.05, 0) is 24.6 Å². The van der Waals surface area contributed by atoms with E-state index < -0.39 is 0 Å². The van der Waals surface area contributed by atoms with Gasteiger partial charge in [-0.2, -0.15) is 0 Å². The summed E-state index contributed by atoms with van der Waals surface area (Å²) < 4.78 is 0. The van der Waals surface area contributed by atoms with Crippen molar-refractivity contribution in [1.29, 1.82) is 0 Å². The van der Waals surface area contributed by atoms with Gasteiger partial charge in [-0.25, -0.2) is 0 Å². The molecule has 0 bridgehead atoms. The number of hydrogen-bond acceptors (Lipinski definition) is 3. The highest BCUT2D eigenvalue weighted by atomic mass is 16.2. The Labute approximate surface area is 106 Å². The average molecular weight is 244 g/mol. The van der Waals surface area contributed by atoms with Crippen LogP contribution < -0.4 is 10.6 Å². The number of amides is 2. The minimum Gasteiger partial charge on any atom is -0.316 e. The molecule has 1 atom stereocenters. The molecule has 0 spiro atoms. The zero-order valence-corrected chi connectivity index (χ0v) is 10.1. The molecular weight excluding hydrogens is 228 g/mol. The van der Waals surface area contributed by atoms with Gasteiger partial charge in [0.25, 0.3) is 5.91 Å². The normalized spacial score (nSPS) is 19.0. The van der Waals surface area contributed by atoms with Gasteiger partial charge in [-0.15, -0.1) is 0 Å². The summed E-state index contributed by atoms with van der Waals surface area (Å²) in [6.45, 7) is 1.49. The van der Waals surface area contributed by atoms with Crippen LogP contribution in [-0.4, -0.2) is 24.9 Å². The van der Waals surface area contributed by atoms with Gasteiger partial charge < -0.3 is 5.32 Å². The molecule has 2 rings (SSSR count). The maximum atomic E-state index is 11.7. The predicted molar refractivity (Wildman–Crippen MR) is 69.6 cm³/mol. The average Bonchev–Trinajstić information content (AvgIpc) is 2.91. The van der Waals surface area contributed by atoms with Crippen molar-refractivity contribution in [2.24, 2.45) is 5.92 Å². The minimum atomic E-state index is -0.365. The van der Waals surface area contributed by atoms with Crippen LogP contribution in [-0.2, 0) is 9.59 Å². The molecule has 18 heavy (non-hydrogen) atoms. The Hall–Kier alpha value is -1.94. The highest BCUT2D eigenvalue weighted by Crippen LogP contribution is 2.07. The van der Waals surface area contributed by atoms with Gasteiger partial charge in [0.05, 0.1) is 5.92 Å². The molecule has 1 aromatic rings. The van der Waals surface area contributed by atoms with Crippen LogP contribution in [0.2, 0.25) is 0 Å². The van der Waals surface area contributed by atoms with Gasteiger partial charge in [0.1, 0.15) is 0 Å². The lowest BCUT2D eigenvalue weighted by atomic mass is 10.1. The predicted octanol–water partition coefficient (Wildman–Crippen LogP) is 0.952. The third-order valence-electron chi connectivity index (χ3n) is 2.90. The first-order chi connectivity index (χ1) is 8.75. The van der Waals surface area contributed by atoms with E-state index in [1.165, 1.54) is 6.08 Å². The standard InChI is InChI=1S/C14H16N2O2/c17-13(7-6-11-4-2-1-3-5-11)16-14(18)12-8-9-15-10-12/h1-7,12,15H,8-10H2,(H,16,17,18). The molecule has 1 aromatic carbocycles. The van der Waals surface area contributed by atoms with Gasteiger partial charge in [-0.1, -0.05) is 30.3 Å². The van der Waals surface area contributed by atoms with E-state index in [-0.39, 0.29) is 17.7 Å². The van der Waals surface area contributed by atoms with Crippen LogP contribution >= 0.6 is 0 Å². The van der Waals surface area contributed by atoms with Crippen LogP contribution in [0.3, 0.4) is 0 Å². The Balaban J connectivity index is 1.85. The number of nitrogens with one attached hydrogen (secondary N) is 2. The fourth-order valence-corrected chi connectivity index (χ4v) is 1.88. The Kier molecular flexibility index (Phi) is 4.25. The van der Waals surface area contributed by atoms with E-state index in [0.717, 1.165) is 18.5 Å². The van der Waals surface area contributed by atoms with Crippen molar-refractivity contribution in [3.8, 4) is 0 Å². The number of carbonyl (C=O) groups is 2. The maximum Gasteiger partial charge on any atom is 0.250 e. The second-order valence-electron chi connectivity index (χ2n) is 4.29. The number of benzene rings is 1. The fourth-order valence-electron chi connectivity index (χ4n) is 1.88. The molecule has 4 heteroatoms. The van der Waals surface area contributed by atoms with E-state index in [2.05, 4.69) is 10.6 Å². The van der Waals surface area contributed by atoms with Crippen molar-refractivity contribution < 1.29 is 9.59 Å². The number of hydrogen-bond donors (Lipinski definition) is 2. The van der Waals surface area contributed by atoms with Gasteiger partial charge >= 0.3 is 0 Å². The topological polar surface area (TPSA) is 58.2 Å². The number of carbonyl (C=O) groups excluding carboxylic acids is 2. The van der Waals surface area contributed by atoms with Gasteiger partial charge in [0, 0.05) is 12.6 Å². The highest BCUT2D eigenvalue weighted by molar-refractivity contribution is 6.03. The molecule has 2 N–H and O–H groups in total. The zero-order chi connectivity index (χ0) is 12.8. The van der Waals surface area contributed by atoms with Crippen LogP contribution in [0.5, 0.6) is 0 Å². The van der Waals surface area contributed by atoms with Crippen LogP contribution in [0.1, 0.15) is 12.0 Å². The molecule has 1 aliphatic rings. The zero-order valence-electron chi connectivity index (χ0n) is 10.1. The van der Waals surface area contributed by atoms with Gasteiger partial charge in [0.2, 0.25) is 5.91 Å². The van der Waals surface area contributed by atoms with Crippen molar-refractivity contribution in [2.75, 3.05) is 13.1 Å². The molecule has 1 saturated heterocycles. The van der Waals surface area contributed by atoms with E-state index in [1.807, 2.05) is 30.3 Å². The highest BCUT2D eigenvalue weighted by Gasteiger charge is 2.22. The summed E-state index contributed by atoms with van der Waals surface area (Å²) in [6.07, 6.45) is 3.87. The summed E-state index contributed by atoms with van der Waals surface area (Å²) in [5.74, 6) is -0.641. The second kappa shape index (κ2) is 6.12. The molecule has 1 fully saturated rings. The fraction of sp³-hybridized carbons (Fsp3) is 0.286. The van der Waals surface area contributed by atoms with Gasteiger partial charge in [0.15, 0.2) is 0 Å². The van der Waals surface area contributed by atoms with E-state index in [4.69, 9.17) is 0 Å². The smallest absolute Gasteiger partial charge is 0.250 e. The molecular formula is C14H16N2O2. The maximum absolute atomic E-state index is 11.7. The second-order valence-corrected chi connectivity index (χ2v) is 4.29. The van der Waals surface area contributed by atoms with Crippen molar-refractivity contribution >= 4 is 17.9 Å². The third kappa shape index (κ3) is 3.53. The Bertz CT molecular complexity index is 448. The first-order valence-electron chi connectivity index (χ1n) is 6.04. The number of rotatable bonds is 3. The molecule has 1 unspecified atom stereocenters. The van der Waals surface area contributed by atoms with E-state index in [0.29, 0.717) is 6.54 Å². The molecule has 0 radical (unpaired) electrons. The molecule has 0 aliphatic carbocycles. The SMILES string of the molecule is O=C(C=Cc1ccccc1)NC(=O)C1CCNC1. The molecule has 1 aliphatic heterocycles. The summed E-state index contributed by atoms with van der Waals surface area (Å²) >= 11 is 0. The van der Waals surface area contributed by atoms with Crippen LogP contribution in [0.15, 0.2) is 36.4 Å². The van der Waals surface area contributed by atoms with E-state index in [9.17, 15) is 9.59 Å².